The molecule has 1 saturated heterocycles. The fourth-order valence-electron chi connectivity index (χ4n) is 4.85. The van der Waals surface area contributed by atoms with E-state index in [9.17, 15) is 4.79 Å². The highest BCUT2D eigenvalue weighted by molar-refractivity contribution is 5.91. The summed E-state index contributed by atoms with van der Waals surface area (Å²) in [6.07, 6.45) is 2.60. The molecule has 6 nitrogen and oxygen atoms in total. The van der Waals surface area contributed by atoms with E-state index in [0.29, 0.717) is 5.92 Å². The SMILES string of the molecule is CCc1c(-c2ccc(OC)c(OC)c2)[nH]c2ccc(C3CCN(C(=O)OC(C)(C)C)CC3)cc12. The van der Waals surface area contributed by atoms with Gasteiger partial charge in [0.1, 0.15) is 5.60 Å². The van der Waals surface area contributed by atoms with E-state index in [1.165, 1.54) is 16.5 Å². The number of H-pyrrole nitrogens is 1. The van der Waals surface area contributed by atoms with Crippen molar-refractivity contribution in [2.75, 3.05) is 27.3 Å². The molecule has 0 spiro atoms. The molecule has 0 bridgehead atoms. The third kappa shape index (κ3) is 4.86. The zero-order valence-electron chi connectivity index (χ0n) is 21.2. The van der Waals surface area contributed by atoms with Crippen LogP contribution in [0.5, 0.6) is 11.5 Å². The van der Waals surface area contributed by atoms with Crippen LogP contribution in [0.2, 0.25) is 0 Å². The second kappa shape index (κ2) is 9.61. The highest BCUT2D eigenvalue weighted by Crippen LogP contribution is 2.38. The molecule has 1 amide bonds. The lowest BCUT2D eigenvalue weighted by Gasteiger charge is -2.33. The molecule has 3 aromatic rings. The zero-order chi connectivity index (χ0) is 24.5. The van der Waals surface area contributed by atoms with Gasteiger partial charge < -0.3 is 24.1 Å². The van der Waals surface area contributed by atoms with Gasteiger partial charge in [-0.1, -0.05) is 13.0 Å². The average molecular weight is 465 g/mol. The molecule has 6 heteroatoms. The molecule has 182 valence electrons. The predicted molar refractivity (Wildman–Crippen MR) is 136 cm³/mol. The molecule has 2 heterocycles. The summed E-state index contributed by atoms with van der Waals surface area (Å²) >= 11 is 0. The van der Waals surface area contributed by atoms with Crippen LogP contribution in [0.25, 0.3) is 22.2 Å². The Morgan fingerprint density at radius 1 is 1.03 bits per heavy atom. The molecule has 0 atom stereocenters. The predicted octanol–water partition coefficient (Wildman–Crippen LogP) is 6.53. The van der Waals surface area contributed by atoms with Crippen molar-refractivity contribution in [1.29, 1.82) is 0 Å². The van der Waals surface area contributed by atoms with Gasteiger partial charge in [0.05, 0.1) is 14.2 Å². The topological polar surface area (TPSA) is 63.8 Å². The number of aromatic nitrogens is 1. The summed E-state index contributed by atoms with van der Waals surface area (Å²) in [4.78, 5) is 17.9. The lowest BCUT2D eigenvalue weighted by molar-refractivity contribution is 0.0205. The van der Waals surface area contributed by atoms with Gasteiger partial charge in [0, 0.05) is 35.2 Å². The van der Waals surface area contributed by atoms with E-state index in [0.717, 1.165) is 60.6 Å². The van der Waals surface area contributed by atoms with E-state index < -0.39 is 5.60 Å². The number of hydrogen-bond donors (Lipinski definition) is 1. The minimum atomic E-state index is -0.463. The van der Waals surface area contributed by atoms with Crippen molar-refractivity contribution in [3.63, 3.8) is 0 Å². The standard InChI is InChI=1S/C28H36N2O4/c1-7-21-22-16-19(18-12-14-30(15-13-18)27(31)34-28(2,3)4)8-10-23(22)29-26(21)20-9-11-24(32-5)25(17-20)33-6/h8-11,16-18,29H,7,12-15H2,1-6H3. The number of nitrogens with zero attached hydrogens (tertiary/aromatic N) is 1. The number of fused-ring (bicyclic) bond motifs is 1. The quantitative estimate of drug-likeness (QED) is 0.466. The van der Waals surface area contributed by atoms with Gasteiger partial charge >= 0.3 is 6.09 Å². The molecule has 0 aliphatic carbocycles. The highest BCUT2D eigenvalue weighted by Gasteiger charge is 2.28. The van der Waals surface area contributed by atoms with Crippen molar-refractivity contribution in [2.45, 2.75) is 58.5 Å². The van der Waals surface area contributed by atoms with Crippen LogP contribution < -0.4 is 9.47 Å². The smallest absolute Gasteiger partial charge is 0.410 e. The molecular formula is C28H36N2O4. The number of benzene rings is 2. The number of carbonyl (C=O) groups is 1. The van der Waals surface area contributed by atoms with Crippen molar-refractivity contribution in [3.05, 3.63) is 47.5 Å². The number of ether oxygens (including phenoxy) is 3. The van der Waals surface area contributed by atoms with Gasteiger partial charge in [-0.2, -0.15) is 0 Å². The Morgan fingerprint density at radius 3 is 2.35 bits per heavy atom. The van der Waals surface area contributed by atoms with Crippen LogP contribution in [0.1, 0.15) is 57.6 Å². The Morgan fingerprint density at radius 2 is 1.74 bits per heavy atom. The van der Waals surface area contributed by atoms with Gasteiger partial charge in [0.25, 0.3) is 0 Å². The summed E-state index contributed by atoms with van der Waals surface area (Å²) in [6.45, 7) is 9.37. The number of likely N-dealkylation sites (tertiary alicyclic amines) is 1. The lowest BCUT2D eigenvalue weighted by atomic mass is 9.88. The molecule has 0 unspecified atom stereocenters. The lowest BCUT2D eigenvalue weighted by Crippen LogP contribution is -2.41. The van der Waals surface area contributed by atoms with Crippen LogP contribution in [-0.2, 0) is 11.2 Å². The van der Waals surface area contributed by atoms with Crippen LogP contribution in [-0.4, -0.2) is 48.9 Å². The first-order valence-electron chi connectivity index (χ1n) is 12.1. The van der Waals surface area contributed by atoms with Crippen molar-refractivity contribution < 1.29 is 19.0 Å². The number of hydrogen-bond acceptors (Lipinski definition) is 4. The minimum absolute atomic E-state index is 0.208. The fraction of sp³-hybridized carbons (Fsp3) is 0.464. The highest BCUT2D eigenvalue weighted by atomic mass is 16.6. The Balaban J connectivity index is 1.58. The van der Waals surface area contributed by atoms with Gasteiger partial charge in [-0.3, -0.25) is 0 Å². The molecular weight excluding hydrogens is 428 g/mol. The zero-order valence-corrected chi connectivity index (χ0v) is 21.2. The van der Waals surface area contributed by atoms with Crippen LogP contribution >= 0.6 is 0 Å². The monoisotopic (exact) mass is 464 g/mol. The maximum absolute atomic E-state index is 12.4. The summed E-state index contributed by atoms with van der Waals surface area (Å²) < 4.78 is 16.5. The Labute approximate surface area is 202 Å². The first kappa shape index (κ1) is 24.0. The van der Waals surface area contributed by atoms with E-state index in [1.807, 2.05) is 37.8 Å². The number of aromatic amines is 1. The third-order valence-corrected chi connectivity index (χ3v) is 6.57. The fourth-order valence-corrected chi connectivity index (χ4v) is 4.85. The van der Waals surface area contributed by atoms with E-state index in [-0.39, 0.29) is 6.09 Å². The number of aryl methyl sites for hydroxylation is 1. The minimum Gasteiger partial charge on any atom is -0.493 e. The van der Waals surface area contributed by atoms with Crippen molar-refractivity contribution >= 4 is 17.0 Å². The second-order valence-corrected chi connectivity index (χ2v) is 9.95. The number of methoxy groups -OCH3 is 2. The normalized spacial score (nSPS) is 14.9. The van der Waals surface area contributed by atoms with E-state index in [1.54, 1.807) is 14.2 Å². The molecule has 1 aromatic heterocycles. The summed E-state index contributed by atoms with van der Waals surface area (Å²) in [6, 6.07) is 12.8. The molecule has 1 aliphatic rings. The summed E-state index contributed by atoms with van der Waals surface area (Å²) in [5.41, 5.74) is 5.51. The van der Waals surface area contributed by atoms with Crippen LogP contribution in [0, 0.1) is 0 Å². The number of rotatable bonds is 5. The van der Waals surface area contributed by atoms with Crippen molar-refractivity contribution in [2.24, 2.45) is 0 Å². The van der Waals surface area contributed by atoms with E-state index in [2.05, 4.69) is 36.2 Å². The summed E-state index contributed by atoms with van der Waals surface area (Å²) in [5.74, 6) is 1.88. The molecule has 1 fully saturated rings. The molecule has 4 rings (SSSR count). The maximum atomic E-state index is 12.4. The molecule has 1 aliphatic heterocycles. The first-order valence-corrected chi connectivity index (χ1v) is 12.1. The Kier molecular flexibility index (Phi) is 6.78. The van der Waals surface area contributed by atoms with Gasteiger partial charge in [-0.05, 0) is 87.4 Å². The van der Waals surface area contributed by atoms with Gasteiger partial charge in [0.15, 0.2) is 11.5 Å². The first-order chi connectivity index (χ1) is 16.2. The second-order valence-electron chi connectivity index (χ2n) is 9.95. The molecule has 2 aromatic carbocycles. The number of nitrogens with one attached hydrogen (secondary N) is 1. The molecule has 0 radical (unpaired) electrons. The van der Waals surface area contributed by atoms with E-state index >= 15 is 0 Å². The summed E-state index contributed by atoms with van der Waals surface area (Å²) in [5, 5.41) is 1.26. The largest absolute Gasteiger partial charge is 0.493 e. The van der Waals surface area contributed by atoms with Crippen molar-refractivity contribution in [1.82, 2.24) is 9.88 Å². The van der Waals surface area contributed by atoms with Crippen molar-refractivity contribution in [3.8, 4) is 22.8 Å². The number of piperidine rings is 1. The third-order valence-electron chi connectivity index (χ3n) is 6.57. The van der Waals surface area contributed by atoms with Gasteiger partial charge in [-0.15, -0.1) is 0 Å². The molecule has 34 heavy (non-hydrogen) atoms. The number of amides is 1. The Hall–Kier alpha value is -3.15. The van der Waals surface area contributed by atoms with Crippen LogP contribution in [0.4, 0.5) is 4.79 Å². The number of carbonyl (C=O) groups excluding carboxylic acids is 1. The average Bonchev–Trinajstić information content (AvgIpc) is 3.20. The van der Waals surface area contributed by atoms with Gasteiger partial charge in [-0.25, -0.2) is 4.79 Å². The summed E-state index contributed by atoms with van der Waals surface area (Å²) in [7, 11) is 3.31. The van der Waals surface area contributed by atoms with E-state index in [4.69, 9.17) is 14.2 Å². The van der Waals surface area contributed by atoms with Gasteiger partial charge in [0.2, 0.25) is 0 Å². The molecule has 1 N–H and O–H groups in total. The van der Waals surface area contributed by atoms with Crippen LogP contribution in [0.3, 0.4) is 0 Å². The van der Waals surface area contributed by atoms with Crippen LogP contribution in [0.15, 0.2) is 36.4 Å². The molecule has 0 saturated carbocycles. The Bertz CT molecular complexity index is 1170. The maximum Gasteiger partial charge on any atom is 0.410 e.